The van der Waals surface area contributed by atoms with Crippen LogP contribution in [0.2, 0.25) is 5.02 Å². The van der Waals surface area contributed by atoms with Gasteiger partial charge in [-0.2, -0.15) is 0 Å². The fourth-order valence-corrected chi connectivity index (χ4v) is 3.85. The summed E-state index contributed by atoms with van der Waals surface area (Å²) in [5.74, 6) is 0.238. The highest BCUT2D eigenvalue weighted by atomic mass is 35.5. The highest BCUT2D eigenvalue weighted by molar-refractivity contribution is 6.30. The molecule has 2 N–H and O–H groups in total. The van der Waals surface area contributed by atoms with Crippen LogP contribution in [0.3, 0.4) is 0 Å². The van der Waals surface area contributed by atoms with E-state index in [0.29, 0.717) is 0 Å². The Labute approximate surface area is 141 Å². The third-order valence-corrected chi connectivity index (χ3v) is 4.99. The number of hydrogen-bond acceptors (Lipinski definition) is 3. The first-order valence-electron chi connectivity index (χ1n) is 8.12. The normalized spacial score (nSPS) is 17.4. The molecule has 118 valence electrons. The van der Waals surface area contributed by atoms with Crippen molar-refractivity contribution in [1.29, 1.82) is 0 Å². The molecule has 2 heterocycles. The van der Waals surface area contributed by atoms with Crippen molar-refractivity contribution in [1.82, 2.24) is 10.3 Å². The van der Waals surface area contributed by atoms with E-state index in [9.17, 15) is 5.11 Å². The lowest BCUT2D eigenvalue weighted by Crippen LogP contribution is -2.24. The molecule has 0 radical (unpaired) electrons. The largest absolute Gasteiger partial charge is 0.506 e. The summed E-state index contributed by atoms with van der Waals surface area (Å²) in [4.78, 5) is 4.60. The number of aryl methyl sites for hydroxylation is 2. The molecule has 4 rings (SSSR count). The van der Waals surface area contributed by atoms with Crippen LogP contribution >= 0.6 is 11.6 Å². The summed E-state index contributed by atoms with van der Waals surface area (Å²) in [5.41, 5.74) is 7.39. The number of nitrogens with one attached hydrogen (secondary N) is 1. The van der Waals surface area contributed by atoms with E-state index in [1.54, 1.807) is 6.20 Å². The summed E-state index contributed by atoms with van der Waals surface area (Å²) in [6.45, 7) is 2.02. The predicted molar refractivity (Wildman–Crippen MR) is 92.9 cm³/mol. The molecule has 1 aliphatic carbocycles. The second-order valence-electron chi connectivity index (χ2n) is 6.23. The topological polar surface area (TPSA) is 45.2 Å². The molecule has 2 aromatic rings. The summed E-state index contributed by atoms with van der Waals surface area (Å²) in [6.07, 6.45) is 5.43. The first-order chi connectivity index (χ1) is 11.2. The summed E-state index contributed by atoms with van der Waals surface area (Å²) < 4.78 is 0. The average molecular weight is 327 g/mol. The first kappa shape index (κ1) is 14.7. The molecule has 1 saturated heterocycles. The molecule has 0 spiro atoms. The SMILES string of the molecule is Oc1cnc2c(c1)CCc1cc(Cl)ccc1C2=C1CCNCC1. The van der Waals surface area contributed by atoms with Crippen LogP contribution in [0.15, 0.2) is 36.0 Å². The van der Waals surface area contributed by atoms with Crippen molar-refractivity contribution in [3.63, 3.8) is 0 Å². The Balaban J connectivity index is 1.98. The number of rotatable bonds is 0. The first-order valence-corrected chi connectivity index (χ1v) is 8.50. The Morgan fingerprint density at radius 2 is 1.78 bits per heavy atom. The second kappa shape index (κ2) is 5.99. The van der Waals surface area contributed by atoms with Gasteiger partial charge in [0, 0.05) is 10.6 Å². The average Bonchev–Trinajstić information content (AvgIpc) is 2.72. The molecular formula is C19H19ClN2O. The van der Waals surface area contributed by atoms with Crippen LogP contribution in [0.25, 0.3) is 5.57 Å². The van der Waals surface area contributed by atoms with Gasteiger partial charge >= 0.3 is 0 Å². The molecule has 1 aromatic carbocycles. The van der Waals surface area contributed by atoms with Crippen molar-refractivity contribution in [3.8, 4) is 5.75 Å². The van der Waals surface area contributed by atoms with E-state index >= 15 is 0 Å². The van der Waals surface area contributed by atoms with Gasteiger partial charge in [-0.25, -0.2) is 0 Å². The predicted octanol–water partition coefficient (Wildman–Crippen LogP) is 3.72. The van der Waals surface area contributed by atoms with E-state index in [4.69, 9.17) is 11.6 Å². The second-order valence-corrected chi connectivity index (χ2v) is 6.67. The minimum atomic E-state index is 0.238. The van der Waals surface area contributed by atoms with E-state index in [1.807, 2.05) is 12.1 Å². The number of nitrogens with zero attached hydrogens (tertiary/aromatic N) is 1. The minimum absolute atomic E-state index is 0.238. The van der Waals surface area contributed by atoms with Gasteiger partial charge in [-0.3, -0.25) is 4.98 Å². The smallest absolute Gasteiger partial charge is 0.134 e. The Morgan fingerprint density at radius 3 is 2.61 bits per heavy atom. The monoisotopic (exact) mass is 326 g/mol. The number of benzene rings is 1. The molecule has 0 amide bonds. The lowest BCUT2D eigenvalue weighted by Gasteiger charge is -2.21. The van der Waals surface area contributed by atoms with Gasteiger partial charge < -0.3 is 10.4 Å². The molecule has 3 nitrogen and oxygen atoms in total. The maximum atomic E-state index is 9.83. The van der Waals surface area contributed by atoms with Gasteiger partial charge in [0.2, 0.25) is 0 Å². The lowest BCUT2D eigenvalue weighted by molar-refractivity contribution is 0.471. The summed E-state index contributed by atoms with van der Waals surface area (Å²) in [5, 5.41) is 14.0. The van der Waals surface area contributed by atoms with E-state index < -0.39 is 0 Å². The van der Waals surface area contributed by atoms with Gasteiger partial charge in [0.05, 0.1) is 11.9 Å². The molecular weight excluding hydrogens is 308 g/mol. The Morgan fingerprint density at radius 1 is 1.00 bits per heavy atom. The van der Waals surface area contributed by atoms with Crippen molar-refractivity contribution in [2.75, 3.05) is 13.1 Å². The quantitative estimate of drug-likeness (QED) is 0.775. The highest BCUT2D eigenvalue weighted by Gasteiger charge is 2.23. The highest BCUT2D eigenvalue weighted by Crippen LogP contribution is 2.38. The number of aromatic nitrogens is 1. The lowest BCUT2D eigenvalue weighted by atomic mass is 9.89. The van der Waals surface area contributed by atoms with Crippen molar-refractivity contribution < 1.29 is 5.11 Å². The Bertz CT molecular complexity index is 734. The molecule has 0 bridgehead atoms. The zero-order valence-corrected chi connectivity index (χ0v) is 13.7. The zero-order chi connectivity index (χ0) is 15.8. The third kappa shape index (κ3) is 2.75. The molecule has 0 atom stereocenters. The van der Waals surface area contributed by atoms with E-state index in [2.05, 4.69) is 22.4 Å². The van der Waals surface area contributed by atoms with Crippen LogP contribution in [-0.2, 0) is 12.8 Å². The number of fused-ring (bicyclic) bond motifs is 2. The molecule has 1 aromatic heterocycles. The van der Waals surface area contributed by atoms with Crippen LogP contribution < -0.4 is 5.32 Å². The van der Waals surface area contributed by atoms with E-state index in [-0.39, 0.29) is 5.75 Å². The van der Waals surface area contributed by atoms with Gasteiger partial charge in [0.15, 0.2) is 0 Å². The van der Waals surface area contributed by atoms with Gasteiger partial charge in [-0.1, -0.05) is 23.2 Å². The van der Waals surface area contributed by atoms with Crippen LogP contribution in [0.1, 0.15) is 35.2 Å². The van der Waals surface area contributed by atoms with Crippen molar-refractivity contribution >= 4 is 17.2 Å². The fraction of sp³-hybridized carbons (Fsp3) is 0.316. The molecule has 0 saturated carbocycles. The Hall–Kier alpha value is -1.84. The van der Waals surface area contributed by atoms with Gasteiger partial charge in [-0.05, 0) is 73.7 Å². The molecule has 2 aliphatic rings. The van der Waals surface area contributed by atoms with Gasteiger partial charge in [0.1, 0.15) is 5.75 Å². The molecule has 1 fully saturated rings. The van der Waals surface area contributed by atoms with Crippen molar-refractivity contribution in [3.05, 3.63) is 63.4 Å². The molecule has 4 heteroatoms. The van der Waals surface area contributed by atoms with Crippen LogP contribution in [0.5, 0.6) is 5.75 Å². The van der Waals surface area contributed by atoms with Crippen LogP contribution in [-0.4, -0.2) is 23.2 Å². The van der Waals surface area contributed by atoms with Crippen LogP contribution in [0, 0.1) is 0 Å². The number of piperidine rings is 1. The van der Waals surface area contributed by atoms with Gasteiger partial charge in [-0.15, -0.1) is 0 Å². The maximum Gasteiger partial charge on any atom is 0.134 e. The summed E-state index contributed by atoms with van der Waals surface area (Å²) in [7, 11) is 0. The summed E-state index contributed by atoms with van der Waals surface area (Å²) in [6, 6.07) is 8.03. The zero-order valence-electron chi connectivity index (χ0n) is 12.9. The summed E-state index contributed by atoms with van der Waals surface area (Å²) >= 11 is 6.22. The third-order valence-electron chi connectivity index (χ3n) is 4.75. The minimum Gasteiger partial charge on any atom is -0.506 e. The van der Waals surface area contributed by atoms with Gasteiger partial charge in [0.25, 0.3) is 0 Å². The Kier molecular flexibility index (Phi) is 3.83. The maximum absolute atomic E-state index is 9.83. The molecule has 23 heavy (non-hydrogen) atoms. The number of hydrogen-bond donors (Lipinski definition) is 2. The fourth-order valence-electron chi connectivity index (χ4n) is 3.66. The molecule has 0 unspecified atom stereocenters. The van der Waals surface area contributed by atoms with E-state index in [0.717, 1.165) is 55.1 Å². The standard InChI is InChI=1S/C19H19ClN2O/c20-15-3-4-17-13(9-15)1-2-14-10-16(23)11-22-19(14)18(17)12-5-7-21-8-6-12/h3-4,9-11,21,23H,1-2,5-8H2. The molecule has 1 aliphatic heterocycles. The number of halogens is 1. The van der Waals surface area contributed by atoms with Crippen molar-refractivity contribution in [2.45, 2.75) is 25.7 Å². The number of aromatic hydroxyl groups is 1. The number of pyridine rings is 1. The van der Waals surface area contributed by atoms with E-state index in [1.165, 1.54) is 22.3 Å². The van der Waals surface area contributed by atoms with Crippen LogP contribution in [0.4, 0.5) is 0 Å². The van der Waals surface area contributed by atoms with Crippen molar-refractivity contribution in [2.24, 2.45) is 0 Å².